The highest BCUT2D eigenvalue weighted by Gasteiger charge is 2.37. The Morgan fingerprint density at radius 1 is 1.00 bits per heavy atom. The van der Waals surface area contributed by atoms with Gasteiger partial charge in [0.05, 0.1) is 12.3 Å². The second-order valence-corrected chi connectivity index (χ2v) is 6.12. The van der Waals surface area contributed by atoms with Crippen molar-refractivity contribution in [3.05, 3.63) is 70.9 Å². The summed E-state index contributed by atoms with van der Waals surface area (Å²) in [5, 5.41) is 2.86. The summed E-state index contributed by atoms with van der Waals surface area (Å²) in [6.45, 7) is 2.64. The van der Waals surface area contributed by atoms with E-state index in [1.54, 1.807) is 12.1 Å². The van der Waals surface area contributed by atoms with E-state index < -0.39 is 11.8 Å². The fourth-order valence-corrected chi connectivity index (χ4v) is 2.96. The number of nitrogens with one attached hydrogen (secondary N) is 1. The molecule has 3 rings (SSSR count). The second kappa shape index (κ2) is 8.06. The summed E-state index contributed by atoms with van der Waals surface area (Å²) in [5.41, 5.74) is 1.72. The molecule has 0 aliphatic carbocycles. The lowest BCUT2D eigenvalue weighted by atomic mass is 10.1. The minimum atomic E-state index is -0.482. The van der Waals surface area contributed by atoms with Crippen LogP contribution in [0.3, 0.4) is 0 Å². The van der Waals surface area contributed by atoms with Gasteiger partial charge in [-0.1, -0.05) is 54.1 Å². The van der Waals surface area contributed by atoms with Crippen LogP contribution >= 0.6 is 11.6 Å². The number of nitrogens with zero attached hydrogens (tertiary/aromatic N) is 1. The van der Waals surface area contributed by atoms with Gasteiger partial charge in [-0.3, -0.25) is 14.5 Å². The van der Waals surface area contributed by atoms with Crippen LogP contribution in [0.15, 0.2) is 65.3 Å². The van der Waals surface area contributed by atoms with Gasteiger partial charge in [0.1, 0.15) is 16.5 Å². The molecule has 134 valence electrons. The van der Waals surface area contributed by atoms with Crippen molar-refractivity contribution in [3.8, 4) is 5.75 Å². The first-order valence-corrected chi connectivity index (χ1v) is 8.78. The van der Waals surface area contributed by atoms with Crippen molar-refractivity contribution in [3.63, 3.8) is 0 Å². The summed E-state index contributed by atoms with van der Waals surface area (Å²) < 4.78 is 5.54. The van der Waals surface area contributed by atoms with E-state index in [-0.39, 0.29) is 17.3 Å². The number of carbonyl (C=O) groups excluding carboxylic acids is 2. The molecule has 2 aromatic rings. The largest absolute Gasteiger partial charge is 0.492 e. The zero-order valence-electron chi connectivity index (χ0n) is 14.4. The number of ether oxygens (including phenoxy) is 1. The highest BCUT2D eigenvalue weighted by Crippen LogP contribution is 2.30. The van der Waals surface area contributed by atoms with Gasteiger partial charge in [-0.2, -0.15) is 0 Å². The monoisotopic (exact) mass is 370 g/mol. The van der Waals surface area contributed by atoms with Crippen LogP contribution in [-0.4, -0.2) is 29.9 Å². The van der Waals surface area contributed by atoms with Crippen LogP contribution in [0.25, 0.3) is 0 Å². The molecular formula is C20H19ClN2O3. The van der Waals surface area contributed by atoms with Crippen LogP contribution in [0.2, 0.25) is 0 Å². The van der Waals surface area contributed by atoms with Crippen LogP contribution in [0.5, 0.6) is 5.75 Å². The number of hydrogen-bond acceptors (Lipinski definition) is 4. The SMILES string of the molecule is CCOc1ccccc1NC1=C(Cl)C(=O)N(CCc2ccccc2)C1=O. The van der Waals surface area contributed by atoms with Crippen molar-refractivity contribution in [1.82, 2.24) is 4.90 Å². The Bertz CT molecular complexity index is 849. The first-order chi connectivity index (χ1) is 12.6. The Balaban J connectivity index is 1.74. The van der Waals surface area contributed by atoms with Gasteiger partial charge in [0.2, 0.25) is 0 Å². The maximum Gasteiger partial charge on any atom is 0.278 e. The maximum atomic E-state index is 12.7. The lowest BCUT2D eigenvalue weighted by molar-refractivity contribution is -0.137. The topological polar surface area (TPSA) is 58.6 Å². The summed E-state index contributed by atoms with van der Waals surface area (Å²) in [6, 6.07) is 16.9. The van der Waals surface area contributed by atoms with Gasteiger partial charge in [0.15, 0.2) is 0 Å². The van der Waals surface area contributed by atoms with E-state index in [1.807, 2.05) is 49.4 Å². The molecule has 1 N–H and O–H groups in total. The van der Waals surface area contributed by atoms with E-state index in [0.717, 1.165) is 5.56 Å². The van der Waals surface area contributed by atoms with Gasteiger partial charge < -0.3 is 10.1 Å². The first kappa shape index (κ1) is 18.0. The molecule has 0 unspecified atom stereocenters. The molecule has 0 radical (unpaired) electrons. The molecule has 0 fully saturated rings. The number of imide groups is 1. The van der Waals surface area contributed by atoms with Crippen molar-refractivity contribution < 1.29 is 14.3 Å². The normalized spacial score (nSPS) is 14.2. The molecule has 5 nitrogen and oxygen atoms in total. The third-order valence-electron chi connectivity index (χ3n) is 4.02. The van der Waals surface area contributed by atoms with E-state index >= 15 is 0 Å². The lowest BCUT2D eigenvalue weighted by Crippen LogP contribution is -2.34. The molecule has 1 aliphatic heterocycles. The van der Waals surface area contributed by atoms with Gasteiger partial charge in [-0.25, -0.2) is 0 Å². The van der Waals surface area contributed by atoms with E-state index in [9.17, 15) is 9.59 Å². The quantitative estimate of drug-likeness (QED) is 0.757. The van der Waals surface area contributed by atoms with Crippen molar-refractivity contribution >= 4 is 29.1 Å². The van der Waals surface area contributed by atoms with Gasteiger partial charge in [-0.15, -0.1) is 0 Å². The Kier molecular flexibility index (Phi) is 5.58. The highest BCUT2D eigenvalue weighted by atomic mass is 35.5. The third-order valence-corrected chi connectivity index (χ3v) is 4.38. The van der Waals surface area contributed by atoms with E-state index in [2.05, 4.69) is 5.32 Å². The average molecular weight is 371 g/mol. The zero-order chi connectivity index (χ0) is 18.5. The fraction of sp³-hybridized carbons (Fsp3) is 0.200. The lowest BCUT2D eigenvalue weighted by Gasteiger charge is -2.16. The predicted octanol–water partition coefficient (Wildman–Crippen LogP) is 3.56. The summed E-state index contributed by atoms with van der Waals surface area (Å²) in [6.07, 6.45) is 0.575. The number of amides is 2. The number of para-hydroxylation sites is 2. The van der Waals surface area contributed by atoms with Crippen molar-refractivity contribution in [1.29, 1.82) is 0 Å². The minimum Gasteiger partial charge on any atom is -0.492 e. The van der Waals surface area contributed by atoms with Gasteiger partial charge in [0, 0.05) is 6.54 Å². The molecule has 1 heterocycles. The number of rotatable bonds is 7. The Morgan fingerprint density at radius 2 is 1.69 bits per heavy atom. The molecule has 1 aliphatic rings. The van der Waals surface area contributed by atoms with Crippen LogP contribution in [0.4, 0.5) is 5.69 Å². The fourth-order valence-electron chi connectivity index (χ4n) is 2.73. The third kappa shape index (κ3) is 3.73. The summed E-state index contributed by atoms with van der Waals surface area (Å²) in [7, 11) is 0. The molecular weight excluding hydrogens is 352 g/mol. The van der Waals surface area contributed by atoms with Gasteiger partial charge in [0.25, 0.3) is 11.8 Å². The summed E-state index contributed by atoms with van der Waals surface area (Å²) in [5.74, 6) is -0.318. The molecule has 26 heavy (non-hydrogen) atoms. The van der Waals surface area contributed by atoms with E-state index in [1.165, 1.54) is 4.90 Å². The number of hydrogen-bond donors (Lipinski definition) is 1. The van der Waals surface area contributed by atoms with Crippen molar-refractivity contribution in [2.24, 2.45) is 0 Å². The Hall–Kier alpha value is -2.79. The van der Waals surface area contributed by atoms with Gasteiger partial charge in [-0.05, 0) is 31.0 Å². The Labute approximate surface area is 157 Å². The number of carbonyl (C=O) groups is 2. The number of anilines is 1. The molecule has 2 amide bonds. The van der Waals surface area contributed by atoms with Crippen LogP contribution in [0.1, 0.15) is 12.5 Å². The number of halogens is 1. The van der Waals surface area contributed by atoms with Crippen LogP contribution in [0, 0.1) is 0 Å². The van der Waals surface area contributed by atoms with Crippen LogP contribution < -0.4 is 10.1 Å². The summed E-state index contributed by atoms with van der Waals surface area (Å²) in [4.78, 5) is 26.2. The molecule has 0 aromatic heterocycles. The molecule has 0 bridgehead atoms. The zero-order valence-corrected chi connectivity index (χ0v) is 15.1. The molecule has 0 spiro atoms. The molecule has 2 aromatic carbocycles. The standard InChI is InChI=1S/C20H19ClN2O3/c1-2-26-16-11-7-6-10-15(16)22-18-17(21)19(24)23(20(18)25)13-12-14-8-4-3-5-9-14/h3-11,22H,2,12-13H2,1H3. The molecule has 0 saturated carbocycles. The predicted molar refractivity (Wildman–Crippen MR) is 101 cm³/mol. The number of benzene rings is 2. The smallest absolute Gasteiger partial charge is 0.278 e. The molecule has 6 heteroatoms. The van der Waals surface area contributed by atoms with Crippen molar-refractivity contribution in [2.45, 2.75) is 13.3 Å². The molecule has 0 atom stereocenters. The maximum absolute atomic E-state index is 12.7. The van der Waals surface area contributed by atoms with Gasteiger partial charge >= 0.3 is 0 Å². The minimum absolute atomic E-state index is 0.0804. The second-order valence-electron chi connectivity index (χ2n) is 5.74. The van der Waals surface area contributed by atoms with Crippen LogP contribution in [-0.2, 0) is 16.0 Å². The first-order valence-electron chi connectivity index (χ1n) is 8.40. The average Bonchev–Trinajstić information content (AvgIpc) is 2.86. The summed E-state index contributed by atoms with van der Waals surface area (Å²) >= 11 is 6.14. The van der Waals surface area contributed by atoms with Crippen molar-refractivity contribution in [2.75, 3.05) is 18.5 Å². The van der Waals surface area contributed by atoms with E-state index in [0.29, 0.717) is 24.5 Å². The Morgan fingerprint density at radius 3 is 2.42 bits per heavy atom. The molecule has 0 saturated heterocycles. The van der Waals surface area contributed by atoms with E-state index in [4.69, 9.17) is 16.3 Å². The highest BCUT2D eigenvalue weighted by molar-refractivity contribution is 6.48.